The molecule has 0 spiro atoms. The Kier molecular flexibility index (Phi) is 4.70. The predicted octanol–water partition coefficient (Wildman–Crippen LogP) is 3.80. The molecule has 0 bridgehead atoms. The lowest BCUT2D eigenvalue weighted by Crippen LogP contribution is -2.45. The van der Waals surface area contributed by atoms with Crippen molar-refractivity contribution in [3.63, 3.8) is 0 Å². The van der Waals surface area contributed by atoms with Crippen molar-refractivity contribution < 1.29 is 21.6 Å². The summed E-state index contributed by atoms with van der Waals surface area (Å²) in [5.41, 5.74) is 0. The van der Waals surface area contributed by atoms with Gasteiger partial charge in [-0.05, 0) is 53.7 Å². The molecule has 1 aromatic rings. The van der Waals surface area contributed by atoms with Crippen molar-refractivity contribution in [1.29, 1.82) is 0 Å². The average molecular weight is 386 g/mol. The Balaban J connectivity index is 2.41. The third-order valence-corrected chi connectivity index (χ3v) is 6.46. The molecule has 0 amide bonds. The van der Waals surface area contributed by atoms with E-state index in [1.165, 1.54) is 25.1 Å². The highest BCUT2D eigenvalue weighted by Crippen LogP contribution is 2.39. The molecule has 1 aliphatic carbocycles. The fraction of sp³-hybridized carbons (Fsp3) is 0.538. The van der Waals surface area contributed by atoms with Crippen LogP contribution in [0.1, 0.15) is 19.8 Å². The molecule has 1 saturated carbocycles. The van der Waals surface area contributed by atoms with Crippen molar-refractivity contribution in [3.05, 3.63) is 28.7 Å². The fourth-order valence-corrected chi connectivity index (χ4v) is 4.86. The quantitative estimate of drug-likeness (QED) is 0.772. The number of nitrogens with zero attached hydrogens (tertiary/aromatic N) is 1. The second-order valence-electron chi connectivity index (χ2n) is 5.17. The lowest BCUT2D eigenvalue weighted by molar-refractivity contribution is -0.139. The summed E-state index contributed by atoms with van der Waals surface area (Å²) >= 11 is 3.09. The SMILES string of the molecule is CC(C1CC1)N(CC(F)(F)F)S(=O)(=O)c1ccccc1Br. The van der Waals surface area contributed by atoms with Crippen molar-refractivity contribution in [2.24, 2.45) is 5.92 Å². The number of hydrogen-bond acceptors (Lipinski definition) is 2. The van der Waals surface area contributed by atoms with Gasteiger partial charge in [0.05, 0.1) is 4.90 Å². The number of alkyl halides is 3. The normalized spacial score (nSPS) is 18.0. The topological polar surface area (TPSA) is 37.4 Å². The smallest absolute Gasteiger partial charge is 0.207 e. The van der Waals surface area contributed by atoms with Gasteiger partial charge in [-0.3, -0.25) is 0 Å². The summed E-state index contributed by atoms with van der Waals surface area (Å²) in [6.07, 6.45) is -3.04. The molecule has 118 valence electrons. The highest BCUT2D eigenvalue weighted by atomic mass is 79.9. The Hall–Kier alpha value is -0.600. The maximum atomic E-state index is 12.8. The zero-order chi connectivity index (χ0) is 15.8. The maximum Gasteiger partial charge on any atom is 0.402 e. The predicted molar refractivity (Wildman–Crippen MR) is 76.3 cm³/mol. The zero-order valence-electron chi connectivity index (χ0n) is 11.3. The molecule has 21 heavy (non-hydrogen) atoms. The highest BCUT2D eigenvalue weighted by molar-refractivity contribution is 9.10. The van der Waals surface area contributed by atoms with Crippen molar-refractivity contribution in [3.8, 4) is 0 Å². The van der Waals surface area contributed by atoms with Crippen LogP contribution in [0, 0.1) is 5.92 Å². The molecule has 2 rings (SSSR count). The number of rotatable bonds is 5. The lowest BCUT2D eigenvalue weighted by Gasteiger charge is -2.29. The van der Waals surface area contributed by atoms with E-state index in [1.54, 1.807) is 6.07 Å². The Morgan fingerprint density at radius 3 is 2.38 bits per heavy atom. The second-order valence-corrected chi connectivity index (χ2v) is 7.89. The van der Waals surface area contributed by atoms with Crippen LogP contribution in [0.2, 0.25) is 0 Å². The summed E-state index contributed by atoms with van der Waals surface area (Å²) < 4.78 is 64.4. The van der Waals surface area contributed by atoms with Crippen LogP contribution in [0.3, 0.4) is 0 Å². The molecule has 1 fully saturated rings. The van der Waals surface area contributed by atoms with E-state index >= 15 is 0 Å². The van der Waals surface area contributed by atoms with Gasteiger partial charge in [-0.25, -0.2) is 8.42 Å². The van der Waals surface area contributed by atoms with Crippen molar-refractivity contribution in [1.82, 2.24) is 4.31 Å². The van der Waals surface area contributed by atoms with Crippen molar-refractivity contribution >= 4 is 26.0 Å². The summed E-state index contributed by atoms with van der Waals surface area (Å²) in [7, 11) is -4.20. The van der Waals surface area contributed by atoms with Gasteiger partial charge in [-0.2, -0.15) is 17.5 Å². The van der Waals surface area contributed by atoms with E-state index < -0.39 is 28.8 Å². The first kappa shape index (κ1) is 16.8. The van der Waals surface area contributed by atoms with Gasteiger partial charge in [0.25, 0.3) is 0 Å². The first-order valence-corrected chi connectivity index (χ1v) is 8.69. The minimum atomic E-state index is -4.57. The van der Waals surface area contributed by atoms with Crippen LogP contribution >= 0.6 is 15.9 Å². The van der Waals surface area contributed by atoms with Crippen LogP contribution in [0.4, 0.5) is 13.2 Å². The number of sulfonamides is 1. The molecule has 0 saturated heterocycles. The van der Waals surface area contributed by atoms with E-state index in [0.29, 0.717) is 4.31 Å². The molecule has 1 aliphatic rings. The molecule has 1 atom stereocenters. The van der Waals surface area contributed by atoms with E-state index in [0.717, 1.165) is 12.8 Å². The summed E-state index contributed by atoms with van der Waals surface area (Å²) in [6, 6.07) is 5.25. The van der Waals surface area contributed by atoms with E-state index in [2.05, 4.69) is 15.9 Å². The van der Waals surface area contributed by atoms with E-state index in [4.69, 9.17) is 0 Å². The van der Waals surface area contributed by atoms with Gasteiger partial charge in [-0.15, -0.1) is 0 Å². The van der Waals surface area contributed by atoms with Gasteiger partial charge < -0.3 is 0 Å². The van der Waals surface area contributed by atoms with E-state index in [9.17, 15) is 21.6 Å². The van der Waals surface area contributed by atoms with Gasteiger partial charge >= 0.3 is 6.18 Å². The zero-order valence-corrected chi connectivity index (χ0v) is 13.7. The van der Waals surface area contributed by atoms with Gasteiger partial charge in [0.1, 0.15) is 6.54 Å². The molecular formula is C13H15BrF3NO2S. The lowest BCUT2D eigenvalue weighted by atomic mass is 10.2. The molecule has 0 N–H and O–H groups in total. The molecule has 1 unspecified atom stereocenters. The van der Waals surface area contributed by atoms with Crippen molar-refractivity contribution in [2.45, 2.75) is 36.9 Å². The largest absolute Gasteiger partial charge is 0.402 e. The standard InChI is InChI=1S/C13H15BrF3NO2S/c1-9(10-6-7-10)18(8-13(15,16)17)21(19,20)12-5-3-2-4-11(12)14/h2-5,9-10H,6-8H2,1H3. The Bertz CT molecular complexity index is 614. The summed E-state index contributed by atoms with van der Waals surface area (Å²) in [5.74, 6) is 0.00427. The summed E-state index contributed by atoms with van der Waals surface area (Å²) in [5, 5.41) is 0. The van der Waals surface area contributed by atoms with Gasteiger partial charge in [-0.1, -0.05) is 12.1 Å². The molecule has 3 nitrogen and oxygen atoms in total. The third kappa shape index (κ3) is 3.98. The third-order valence-electron chi connectivity index (χ3n) is 3.52. The molecule has 1 aromatic carbocycles. The number of benzene rings is 1. The molecule has 0 heterocycles. The van der Waals surface area contributed by atoms with Gasteiger partial charge in [0.2, 0.25) is 10.0 Å². The van der Waals surface area contributed by atoms with Crippen LogP contribution in [0.15, 0.2) is 33.6 Å². The van der Waals surface area contributed by atoms with Crippen LogP contribution in [0.25, 0.3) is 0 Å². The Morgan fingerprint density at radius 1 is 1.33 bits per heavy atom. The number of hydrogen-bond donors (Lipinski definition) is 0. The van der Waals surface area contributed by atoms with E-state index in [-0.39, 0.29) is 15.3 Å². The Labute approximate surface area is 130 Å². The Morgan fingerprint density at radius 2 is 1.90 bits per heavy atom. The summed E-state index contributed by atoms with van der Waals surface area (Å²) in [6.45, 7) is 0.0755. The van der Waals surface area contributed by atoms with Crippen molar-refractivity contribution in [2.75, 3.05) is 6.54 Å². The van der Waals surface area contributed by atoms with E-state index in [1.807, 2.05) is 0 Å². The second kappa shape index (κ2) is 5.89. The fourth-order valence-electron chi connectivity index (χ4n) is 2.22. The first-order chi connectivity index (χ1) is 9.63. The van der Waals surface area contributed by atoms with Gasteiger partial charge in [0, 0.05) is 10.5 Å². The maximum absolute atomic E-state index is 12.8. The monoisotopic (exact) mass is 385 g/mol. The van der Waals surface area contributed by atoms with Crippen LogP contribution < -0.4 is 0 Å². The van der Waals surface area contributed by atoms with Crippen LogP contribution in [-0.4, -0.2) is 31.5 Å². The average Bonchev–Trinajstić information content (AvgIpc) is 3.18. The molecule has 0 radical (unpaired) electrons. The molecular weight excluding hydrogens is 371 g/mol. The highest BCUT2D eigenvalue weighted by Gasteiger charge is 2.44. The first-order valence-electron chi connectivity index (χ1n) is 6.46. The van der Waals surface area contributed by atoms with Crippen LogP contribution in [-0.2, 0) is 10.0 Å². The molecule has 0 aliphatic heterocycles. The summed E-state index contributed by atoms with van der Waals surface area (Å²) in [4.78, 5) is -0.137. The minimum absolute atomic E-state index is 0.00427. The molecule has 8 heteroatoms. The number of halogens is 4. The molecule has 0 aromatic heterocycles. The minimum Gasteiger partial charge on any atom is -0.207 e. The van der Waals surface area contributed by atoms with Crippen LogP contribution in [0.5, 0.6) is 0 Å². The van der Waals surface area contributed by atoms with Gasteiger partial charge in [0.15, 0.2) is 0 Å².